The van der Waals surface area contributed by atoms with Gasteiger partial charge in [0.1, 0.15) is 11.4 Å². The minimum Gasteiger partial charge on any atom is -0.352 e. The zero-order chi connectivity index (χ0) is 19.1. The minimum absolute atomic E-state index is 0.217. The summed E-state index contributed by atoms with van der Waals surface area (Å²) in [6.07, 6.45) is 5.01. The summed E-state index contributed by atoms with van der Waals surface area (Å²) in [5, 5.41) is 2.89. The van der Waals surface area contributed by atoms with Crippen molar-refractivity contribution < 1.29 is 17.9 Å². The predicted octanol–water partition coefficient (Wildman–Crippen LogP) is 1.17. The second-order valence-corrected chi connectivity index (χ2v) is 9.00. The van der Waals surface area contributed by atoms with Gasteiger partial charge in [0, 0.05) is 31.2 Å². The molecule has 0 aliphatic carbocycles. The number of imidazole rings is 1. The lowest BCUT2D eigenvalue weighted by molar-refractivity contribution is -0.166. The summed E-state index contributed by atoms with van der Waals surface area (Å²) in [6, 6.07) is 9.24. The fourth-order valence-electron chi connectivity index (χ4n) is 3.80. The number of hydrogen-bond acceptors (Lipinski definition) is 5. The summed E-state index contributed by atoms with van der Waals surface area (Å²) in [4.78, 5) is 17.2. The number of para-hydroxylation sites is 1. The van der Waals surface area contributed by atoms with Gasteiger partial charge in [-0.1, -0.05) is 18.2 Å². The molecule has 1 aromatic carbocycles. The van der Waals surface area contributed by atoms with Gasteiger partial charge in [-0.3, -0.25) is 4.79 Å². The number of ether oxygens (including phenoxy) is 1. The first kappa shape index (κ1) is 18.1. The molecule has 1 unspecified atom stereocenters. The molecule has 1 atom stereocenters. The smallest absolute Gasteiger partial charge is 0.255 e. The summed E-state index contributed by atoms with van der Waals surface area (Å²) in [5.41, 5.74) is -0.0368. The molecule has 0 bridgehead atoms. The number of carbonyl (C=O) groups excluding carboxylic acids is 1. The van der Waals surface area contributed by atoms with Gasteiger partial charge in [-0.05, 0) is 25.0 Å². The highest BCUT2D eigenvalue weighted by Crippen LogP contribution is 2.40. The second-order valence-electron chi connectivity index (χ2n) is 7.02. The third-order valence-electron chi connectivity index (χ3n) is 5.19. The van der Waals surface area contributed by atoms with E-state index in [4.69, 9.17) is 4.74 Å². The average molecular weight is 390 g/mol. The largest absolute Gasteiger partial charge is 0.352 e. The Labute approximate surface area is 158 Å². The molecule has 4 rings (SSSR count). The van der Waals surface area contributed by atoms with Gasteiger partial charge in [0.15, 0.2) is 6.10 Å². The number of carbonyl (C=O) groups is 1. The van der Waals surface area contributed by atoms with Crippen molar-refractivity contribution in [3.63, 3.8) is 0 Å². The molecule has 2 aromatic rings. The number of anilines is 1. The van der Waals surface area contributed by atoms with Crippen molar-refractivity contribution in [1.29, 1.82) is 0 Å². The topological polar surface area (TPSA) is 93.5 Å². The zero-order valence-corrected chi connectivity index (χ0v) is 15.9. The summed E-state index contributed by atoms with van der Waals surface area (Å²) in [6.45, 7) is 1.07. The molecule has 27 heavy (non-hydrogen) atoms. The van der Waals surface area contributed by atoms with E-state index in [0.29, 0.717) is 38.2 Å². The van der Waals surface area contributed by atoms with Gasteiger partial charge >= 0.3 is 0 Å². The standard InChI is InChI=1S/C18H22N4O4S/c1-27(24,25)22-10-7-18(8-11-22)17-19-9-12-21(17)13-15(26-18)16(23)20-14-5-3-2-4-6-14/h2-6,9,12,15H,7-8,10-11,13H2,1H3,(H,20,23). The van der Waals surface area contributed by atoms with Crippen LogP contribution in [0.1, 0.15) is 18.7 Å². The Morgan fingerprint density at radius 1 is 1.26 bits per heavy atom. The highest BCUT2D eigenvalue weighted by atomic mass is 32.2. The number of sulfonamides is 1. The van der Waals surface area contributed by atoms with Gasteiger partial charge < -0.3 is 14.6 Å². The molecule has 1 aromatic heterocycles. The molecule has 0 saturated carbocycles. The van der Waals surface area contributed by atoms with Gasteiger partial charge in [-0.2, -0.15) is 0 Å². The van der Waals surface area contributed by atoms with E-state index in [1.54, 1.807) is 6.20 Å². The maximum Gasteiger partial charge on any atom is 0.255 e. The summed E-state index contributed by atoms with van der Waals surface area (Å²) >= 11 is 0. The highest BCUT2D eigenvalue weighted by Gasteiger charge is 2.48. The zero-order valence-electron chi connectivity index (χ0n) is 15.0. The van der Waals surface area contributed by atoms with Crippen LogP contribution in [0.3, 0.4) is 0 Å². The van der Waals surface area contributed by atoms with Crippen LogP contribution in [0, 0.1) is 0 Å². The van der Waals surface area contributed by atoms with E-state index in [0.717, 1.165) is 5.82 Å². The number of aromatic nitrogens is 2. The Morgan fingerprint density at radius 3 is 2.63 bits per heavy atom. The van der Waals surface area contributed by atoms with Crippen LogP contribution in [0.15, 0.2) is 42.7 Å². The van der Waals surface area contributed by atoms with Crippen LogP contribution in [0.25, 0.3) is 0 Å². The molecule has 1 fully saturated rings. The minimum atomic E-state index is -3.24. The number of benzene rings is 1. The number of nitrogens with one attached hydrogen (secondary N) is 1. The van der Waals surface area contributed by atoms with E-state index < -0.39 is 21.7 Å². The van der Waals surface area contributed by atoms with Gasteiger partial charge in [-0.25, -0.2) is 17.7 Å². The third kappa shape index (κ3) is 3.50. The number of amides is 1. The fourth-order valence-corrected chi connectivity index (χ4v) is 4.64. The monoisotopic (exact) mass is 390 g/mol. The first-order valence-corrected chi connectivity index (χ1v) is 10.7. The number of nitrogens with zero attached hydrogens (tertiary/aromatic N) is 3. The molecule has 0 radical (unpaired) electrons. The molecule has 3 heterocycles. The van der Waals surface area contributed by atoms with E-state index in [1.165, 1.54) is 10.6 Å². The first-order valence-electron chi connectivity index (χ1n) is 8.88. The van der Waals surface area contributed by atoms with E-state index >= 15 is 0 Å². The molecule has 1 saturated heterocycles. The lowest BCUT2D eigenvalue weighted by atomic mass is 9.89. The fraction of sp³-hybridized carbons (Fsp3) is 0.444. The predicted molar refractivity (Wildman–Crippen MR) is 99.5 cm³/mol. The van der Waals surface area contributed by atoms with Gasteiger partial charge in [0.2, 0.25) is 10.0 Å². The summed E-state index contributed by atoms with van der Waals surface area (Å²) in [7, 11) is -3.24. The van der Waals surface area contributed by atoms with Gasteiger partial charge in [0.05, 0.1) is 12.8 Å². The van der Waals surface area contributed by atoms with Crippen molar-refractivity contribution in [2.24, 2.45) is 0 Å². The molecule has 2 aliphatic rings. The lowest BCUT2D eigenvalue weighted by Crippen LogP contribution is -2.53. The number of hydrogen-bond donors (Lipinski definition) is 1. The van der Waals surface area contributed by atoms with Gasteiger partial charge in [0.25, 0.3) is 5.91 Å². The molecular weight excluding hydrogens is 368 g/mol. The number of fused-ring (bicyclic) bond motifs is 2. The Hall–Kier alpha value is -2.23. The molecule has 2 aliphatic heterocycles. The van der Waals surface area contributed by atoms with Crippen molar-refractivity contribution in [2.45, 2.75) is 31.1 Å². The Kier molecular flexibility index (Phi) is 4.53. The molecule has 144 valence electrons. The maximum absolute atomic E-state index is 12.8. The van der Waals surface area contributed by atoms with Crippen molar-refractivity contribution >= 4 is 21.6 Å². The van der Waals surface area contributed by atoms with Gasteiger partial charge in [-0.15, -0.1) is 0 Å². The molecule has 8 nitrogen and oxygen atoms in total. The third-order valence-corrected chi connectivity index (χ3v) is 6.49. The van der Waals surface area contributed by atoms with Crippen molar-refractivity contribution in [2.75, 3.05) is 24.7 Å². The van der Waals surface area contributed by atoms with Crippen LogP contribution >= 0.6 is 0 Å². The van der Waals surface area contributed by atoms with Crippen LogP contribution in [0.5, 0.6) is 0 Å². The Balaban J connectivity index is 1.56. The second kappa shape index (κ2) is 6.74. The van der Waals surface area contributed by atoms with E-state index in [-0.39, 0.29) is 5.91 Å². The Morgan fingerprint density at radius 2 is 1.96 bits per heavy atom. The molecule has 1 N–H and O–H groups in total. The van der Waals surface area contributed by atoms with Crippen molar-refractivity contribution in [3.8, 4) is 0 Å². The highest BCUT2D eigenvalue weighted by molar-refractivity contribution is 7.88. The van der Waals surface area contributed by atoms with Crippen molar-refractivity contribution in [3.05, 3.63) is 48.5 Å². The summed E-state index contributed by atoms with van der Waals surface area (Å²) in [5.74, 6) is 0.546. The van der Waals surface area contributed by atoms with Crippen LogP contribution < -0.4 is 5.32 Å². The molecule has 9 heteroatoms. The number of piperidine rings is 1. The van der Waals surface area contributed by atoms with E-state index in [1.807, 2.05) is 41.1 Å². The summed E-state index contributed by atoms with van der Waals surface area (Å²) < 4.78 is 33.3. The SMILES string of the molecule is CS(=O)(=O)N1CCC2(CC1)OC(C(=O)Nc1ccccc1)Cn1ccnc12. The normalized spacial score (nSPS) is 22.3. The van der Waals surface area contributed by atoms with Crippen molar-refractivity contribution in [1.82, 2.24) is 13.9 Å². The molecular formula is C18H22N4O4S. The molecule has 1 amide bonds. The maximum atomic E-state index is 12.8. The van der Waals surface area contributed by atoms with Crippen LogP contribution in [-0.4, -0.2) is 53.6 Å². The number of rotatable bonds is 3. The first-order chi connectivity index (χ1) is 12.9. The van der Waals surface area contributed by atoms with E-state index in [9.17, 15) is 13.2 Å². The lowest BCUT2D eigenvalue weighted by Gasteiger charge is -2.44. The molecule has 1 spiro atoms. The van der Waals surface area contributed by atoms with E-state index in [2.05, 4.69) is 10.3 Å². The quantitative estimate of drug-likeness (QED) is 0.849. The van der Waals surface area contributed by atoms with Crippen LogP contribution in [0.2, 0.25) is 0 Å². The Bertz CT molecular complexity index is 933. The van der Waals surface area contributed by atoms with Crippen LogP contribution in [0.4, 0.5) is 5.69 Å². The average Bonchev–Trinajstić information content (AvgIpc) is 3.12. The van der Waals surface area contributed by atoms with Crippen LogP contribution in [-0.2, 0) is 31.7 Å².